The van der Waals surface area contributed by atoms with Crippen LogP contribution in [-0.2, 0) is 4.74 Å². The van der Waals surface area contributed by atoms with Gasteiger partial charge in [0, 0.05) is 13.1 Å². The zero-order valence-corrected chi connectivity index (χ0v) is 10.8. The Kier molecular flexibility index (Phi) is 3.18. The number of anilines is 2. The van der Waals surface area contributed by atoms with Gasteiger partial charge >= 0.3 is 0 Å². The highest BCUT2D eigenvalue weighted by Crippen LogP contribution is 2.14. The number of halogens is 1. The van der Waals surface area contributed by atoms with Crippen molar-refractivity contribution in [2.45, 2.75) is 0 Å². The van der Waals surface area contributed by atoms with Crippen molar-refractivity contribution in [3.05, 3.63) is 17.4 Å². The van der Waals surface area contributed by atoms with Crippen molar-refractivity contribution in [2.75, 3.05) is 36.9 Å². The lowest BCUT2D eigenvalue weighted by atomic mass is 10.4. The number of morpholine rings is 1. The fourth-order valence-electron chi connectivity index (χ4n) is 1.79. The predicted molar refractivity (Wildman–Crippen MR) is 69.4 cm³/mol. The molecule has 1 aliphatic heterocycles. The molecule has 8 nitrogen and oxygen atoms in total. The lowest BCUT2D eigenvalue weighted by molar-refractivity contribution is 0.122. The number of ether oxygens (including phenoxy) is 1. The van der Waals surface area contributed by atoms with Gasteiger partial charge in [-0.05, 0) is 0 Å². The Hall–Kier alpha value is -1.93. The zero-order chi connectivity index (χ0) is 13.2. The van der Waals surface area contributed by atoms with E-state index in [9.17, 15) is 0 Å². The molecule has 1 fully saturated rings. The Morgan fingerprint density at radius 3 is 2.58 bits per heavy atom. The van der Waals surface area contributed by atoms with Gasteiger partial charge in [0.15, 0.2) is 0 Å². The fraction of sp³-hybridized carbons (Fsp3) is 0.400. The number of nitrogen functional groups attached to an aromatic ring is 1. The third kappa shape index (κ3) is 2.59. The molecular formula is C10H12ClN7O. The highest BCUT2D eigenvalue weighted by atomic mass is 35.5. The monoisotopic (exact) mass is 281 g/mol. The standard InChI is InChI=1S/C10H12ClN7O/c11-7-5-13-18(6-7)10-15-8(12)14-9(16-10)17-1-3-19-4-2-17/h5-6H,1-4H2,(H2,12,14,15,16). The summed E-state index contributed by atoms with van der Waals surface area (Å²) in [5.74, 6) is 1.02. The first-order valence-electron chi connectivity index (χ1n) is 5.77. The number of hydrogen-bond acceptors (Lipinski definition) is 7. The van der Waals surface area contributed by atoms with E-state index in [1.54, 1.807) is 6.20 Å². The van der Waals surface area contributed by atoms with Crippen LogP contribution < -0.4 is 10.6 Å². The predicted octanol–water partition coefficient (Wildman–Crippen LogP) is 0.129. The van der Waals surface area contributed by atoms with Crippen molar-refractivity contribution < 1.29 is 4.74 Å². The molecule has 2 aromatic heterocycles. The molecule has 100 valence electrons. The summed E-state index contributed by atoms with van der Waals surface area (Å²) in [5, 5.41) is 4.55. The average molecular weight is 282 g/mol. The highest BCUT2D eigenvalue weighted by Gasteiger charge is 2.16. The Bertz CT molecular complexity index is 581. The van der Waals surface area contributed by atoms with Crippen LogP contribution in [0.4, 0.5) is 11.9 Å². The van der Waals surface area contributed by atoms with Gasteiger partial charge in [-0.25, -0.2) is 4.68 Å². The van der Waals surface area contributed by atoms with Gasteiger partial charge in [-0.1, -0.05) is 11.6 Å². The molecule has 3 heterocycles. The zero-order valence-electron chi connectivity index (χ0n) is 10.0. The molecule has 0 aliphatic carbocycles. The SMILES string of the molecule is Nc1nc(N2CCOCC2)nc(-n2cc(Cl)cn2)n1. The van der Waals surface area contributed by atoms with Gasteiger partial charge in [-0.2, -0.15) is 20.1 Å². The molecule has 1 saturated heterocycles. The second-order valence-electron chi connectivity index (χ2n) is 4.00. The summed E-state index contributed by atoms with van der Waals surface area (Å²) in [6, 6.07) is 0. The van der Waals surface area contributed by atoms with Gasteiger partial charge in [0.1, 0.15) is 0 Å². The summed E-state index contributed by atoms with van der Waals surface area (Å²) in [6.07, 6.45) is 3.12. The van der Waals surface area contributed by atoms with Crippen molar-refractivity contribution in [2.24, 2.45) is 0 Å². The summed E-state index contributed by atoms with van der Waals surface area (Å²) < 4.78 is 6.75. The quantitative estimate of drug-likeness (QED) is 0.836. The van der Waals surface area contributed by atoms with E-state index in [2.05, 4.69) is 20.1 Å². The van der Waals surface area contributed by atoms with Crippen LogP contribution in [0.25, 0.3) is 5.95 Å². The van der Waals surface area contributed by atoms with E-state index in [0.29, 0.717) is 30.1 Å². The summed E-state index contributed by atoms with van der Waals surface area (Å²) in [4.78, 5) is 14.5. The lowest BCUT2D eigenvalue weighted by Gasteiger charge is -2.26. The second-order valence-corrected chi connectivity index (χ2v) is 4.43. The van der Waals surface area contributed by atoms with E-state index in [1.165, 1.54) is 10.9 Å². The van der Waals surface area contributed by atoms with E-state index < -0.39 is 0 Å². The Labute approximate surface area is 114 Å². The van der Waals surface area contributed by atoms with Crippen molar-refractivity contribution in [1.82, 2.24) is 24.7 Å². The lowest BCUT2D eigenvalue weighted by Crippen LogP contribution is -2.37. The summed E-state index contributed by atoms with van der Waals surface area (Å²) in [5.41, 5.74) is 5.72. The summed E-state index contributed by atoms with van der Waals surface area (Å²) >= 11 is 5.83. The van der Waals surface area contributed by atoms with Crippen LogP contribution in [0, 0.1) is 0 Å². The normalized spacial score (nSPS) is 15.7. The molecular weight excluding hydrogens is 270 g/mol. The van der Waals surface area contributed by atoms with Crippen LogP contribution in [0.2, 0.25) is 5.02 Å². The third-order valence-corrected chi connectivity index (χ3v) is 2.87. The van der Waals surface area contributed by atoms with Gasteiger partial charge in [-0.15, -0.1) is 0 Å². The molecule has 0 spiro atoms. The molecule has 2 aromatic rings. The Balaban J connectivity index is 1.95. The van der Waals surface area contributed by atoms with E-state index in [-0.39, 0.29) is 5.95 Å². The molecule has 0 aromatic carbocycles. The van der Waals surface area contributed by atoms with E-state index in [4.69, 9.17) is 22.1 Å². The molecule has 1 aliphatic rings. The van der Waals surface area contributed by atoms with Gasteiger partial charge in [0.2, 0.25) is 11.9 Å². The highest BCUT2D eigenvalue weighted by molar-refractivity contribution is 6.30. The summed E-state index contributed by atoms with van der Waals surface area (Å²) in [7, 11) is 0. The molecule has 0 amide bonds. The molecule has 2 N–H and O–H groups in total. The van der Waals surface area contributed by atoms with Gasteiger partial charge in [-0.3, -0.25) is 0 Å². The molecule has 19 heavy (non-hydrogen) atoms. The second kappa shape index (κ2) is 4.98. The molecule has 3 rings (SSSR count). The van der Waals surface area contributed by atoms with Gasteiger partial charge in [0.05, 0.1) is 30.6 Å². The molecule has 0 unspecified atom stereocenters. The number of aromatic nitrogens is 5. The maximum Gasteiger partial charge on any atom is 0.257 e. The molecule has 9 heteroatoms. The number of nitrogens with two attached hydrogens (primary N) is 1. The van der Waals surface area contributed by atoms with Crippen molar-refractivity contribution in [3.63, 3.8) is 0 Å². The summed E-state index contributed by atoms with van der Waals surface area (Å²) in [6.45, 7) is 2.74. The Morgan fingerprint density at radius 2 is 1.89 bits per heavy atom. The van der Waals surface area contributed by atoms with Crippen LogP contribution in [0.15, 0.2) is 12.4 Å². The first kappa shape index (κ1) is 12.1. The van der Waals surface area contributed by atoms with Crippen molar-refractivity contribution >= 4 is 23.5 Å². The molecule has 0 atom stereocenters. The topological polar surface area (TPSA) is 95.0 Å². The van der Waals surface area contributed by atoms with E-state index in [0.717, 1.165) is 13.1 Å². The van der Waals surface area contributed by atoms with Crippen LogP contribution >= 0.6 is 11.6 Å². The first-order chi connectivity index (χ1) is 9.22. The molecule has 0 saturated carbocycles. The Morgan fingerprint density at radius 1 is 1.16 bits per heavy atom. The minimum absolute atomic E-state index is 0.151. The van der Waals surface area contributed by atoms with Crippen LogP contribution in [0.1, 0.15) is 0 Å². The van der Waals surface area contributed by atoms with Crippen LogP contribution in [0.5, 0.6) is 0 Å². The van der Waals surface area contributed by atoms with Crippen molar-refractivity contribution in [1.29, 1.82) is 0 Å². The van der Waals surface area contributed by atoms with Crippen LogP contribution in [-0.4, -0.2) is 51.0 Å². The number of nitrogens with zero attached hydrogens (tertiary/aromatic N) is 6. The fourth-order valence-corrected chi connectivity index (χ4v) is 1.92. The minimum Gasteiger partial charge on any atom is -0.378 e. The minimum atomic E-state index is 0.151. The van der Waals surface area contributed by atoms with E-state index in [1.807, 2.05) is 4.90 Å². The average Bonchev–Trinajstić information content (AvgIpc) is 2.86. The largest absolute Gasteiger partial charge is 0.378 e. The maximum atomic E-state index is 5.83. The van der Waals surface area contributed by atoms with Crippen molar-refractivity contribution in [3.8, 4) is 5.95 Å². The number of hydrogen-bond donors (Lipinski definition) is 1. The number of rotatable bonds is 2. The molecule has 0 radical (unpaired) electrons. The van der Waals surface area contributed by atoms with Gasteiger partial charge < -0.3 is 15.4 Å². The molecule has 0 bridgehead atoms. The van der Waals surface area contributed by atoms with Crippen LogP contribution in [0.3, 0.4) is 0 Å². The third-order valence-electron chi connectivity index (χ3n) is 2.68. The maximum absolute atomic E-state index is 5.83. The van der Waals surface area contributed by atoms with Gasteiger partial charge in [0.25, 0.3) is 5.95 Å². The first-order valence-corrected chi connectivity index (χ1v) is 6.15. The smallest absolute Gasteiger partial charge is 0.257 e. The van der Waals surface area contributed by atoms with E-state index >= 15 is 0 Å².